The van der Waals surface area contributed by atoms with Gasteiger partial charge >= 0.3 is 12.1 Å². The van der Waals surface area contributed by atoms with Crippen molar-refractivity contribution in [1.29, 1.82) is 0 Å². The number of benzene rings is 2. The number of alkyl halides is 3. The van der Waals surface area contributed by atoms with Crippen LogP contribution in [0.2, 0.25) is 0 Å². The van der Waals surface area contributed by atoms with E-state index in [9.17, 15) is 32.3 Å². The molecule has 1 amide bonds. The van der Waals surface area contributed by atoms with E-state index < -0.39 is 47.9 Å². The van der Waals surface area contributed by atoms with Gasteiger partial charge in [-0.3, -0.25) is 19.0 Å². The number of rotatable bonds is 7. The third-order valence-electron chi connectivity index (χ3n) is 6.23. The molecule has 11 heteroatoms. The first kappa shape index (κ1) is 26.6. The molecule has 0 aliphatic carbocycles. The van der Waals surface area contributed by atoms with Gasteiger partial charge in [-0.2, -0.15) is 13.2 Å². The van der Waals surface area contributed by atoms with Gasteiger partial charge < -0.3 is 15.0 Å². The predicted molar refractivity (Wildman–Crippen MR) is 135 cm³/mol. The Bertz CT molecular complexity index is 1600. The van der Waals surface area contributed by atoms with E-state index in [-0.39, 0.29) is 11.1 Å². The van der Waals surface area contributed by atoms with Crippen molar-refractivity contribution in [2.75, 3.05) is 7.11 Å². The lowest BCUT2D eigenvalue weighted by molar-refractivity contribution is -0.174. The zero-order valence-electron chi connectivity index (χ0n) is 20.7. The number of aromatic amines is 1. The summed E-state index contributed by atoms with van der Waals surface area (Å²) in [6.45, 7) is 2.11. The minimum Gasteiger partial charge on any atom is -0.465 e. The Hall–Kier alpha value is -4.41. The van der Waals surface area contributed by atoms with Gasteiger partial charge in [0.25, 0.3) is 11.3 Å². The number of ether oxygens (including phenoxy) is 1. The lowest BCUT2D eigenvalue weighted by atomic mass is 9.99. The van der Waals surface area contributed by atoms with Crippen LogP contribution in [0, 0.1) is 5.92 Å². The Morgan fingerprint density at radius 3 is 2.29 bits per heavy atom. The Balaban J connectivity index is 1.87. The standard InChI is InChI=1S/C27H24F3N3O5/c1-14(2)21(24(35)27(28,29)30)31-20(34)13-33-19(15-8-5-4-6-9-15)12-18-16-10-7-11-17(26(37)38-3)22(16)32-23(18)25(33)36/h4-12,14,21,32H,13H2,1-3H3,(H,31,34). The van der Waals surface area contributed by atoms with Crippen LogP contribution in [-0.4, -0.2) is 46.5 Å². The molecule has 0 aliphatic heterocycles. The van der Waals surface area contributed by atoms with E-state index in [1.54, 1.807) is 48.5 Å². The van der Waals surface area contributed by atoms with Crippen molar-refractivity contribution in [3.05, 3.63) is 70.5 Å². The number of fused-ring (bicyclic) bond motifs is 3. The third kappa shape index (κ3) is 4.91. The summed E-state index contributed by atoms with van der Waals surface area (Å²) in [4.78, 5) is 53.7. The van der Waals surface area contributed by atoms with Crippen molar-refractivity contribution in [3.8, 4) is 11.3 Å². The molecule has 38 heavy (non-hydrogen) atoms. The van der Waals surface area contributed by atoms with Crippen molar-refractivity contribution in [2.24, 2.45) is 5.92 Å². The second-order valence-electron chi connectivity index (χ2n) is 9.07. The van der Waals surface area contributed by atoms with Gasteiger partial charge in [-0.15, -0.1) is 0 Å². The van der Waals surface area contributed by atoms with E-state index in [2.05, 4.69) is 10.3 Å². The Morgan fingerprint density at radius 1 is 1.00 bits per heavy atom. The molecule has 1 atom stereocenters. The summed E-state index contributed by atoms with van der Waals surface area (Å²) in [6.07, 6.45) is -5.13. The second kappa shape index (κ2) is 10.2. The zero-order valence-corrected chi connectivity index (χ0v) is 20.7. The summed E-state index contributed by atoms with van der Waals surface area (Å²) < 4.78 is 45.2. The second-order valence-corrected chi connectivity index (χ2v) is 9.07. The predicted octanol–water partition coefficient (Wildman–Crippen LogP) is 4.21. The first-order valence-electron chi connectivity index (χ1n) is 11.7. The van der Waals surface area contributed by atoms with E-state index in [1.807, 2.05) is 0 Å². The van der Waals surface area contributed by atoms with Gasteiger partial charge in [-0.1, -0.05) is 56.3 Å². The van der Waals surface area contributed by atoms with Crippen molar-refractivity contribution in [2.45, 2.75) is 32.6 Å². The molecular formula is C27H24F3N3O5. The van der Waals surface area contributed by atoms with Gasteiger partial charge in [-0.25, -0.2) is 4.79 Å². The fourth-order valence-electron chi connectivity index (χ4n) is 4.38. The molecule has 0 spiro atoms. The number of nitrogens with one attached hydrogen (secondary N) is 2. The maximum Gasteiger partial charge on any atom is 0.452 e. The van der Waals surface area contributed by atoms with Crippen LogP contribution in [0.15, 0.2) is 59.4 Å². The van der Waals surface area contributed by atoms with Crippen LogP contribution >= 0.6 is 0 Å². The molecule has 198 valence electrons. The largest absolute Gasteiger partial charge is 0.465 e. The molecule has 2 aromatic carbocycles. The highest BCUT2D eigenvalue weighted by Crippen LogP contribution is 2.30. The summed E-state index contributed by atoms with van der Waals surface area (Å²) >= 11 is 0. The van der Waals surface area contributed by atoms with Crippen molar-refractivity contribution < 1.29 is 32.3 Å². The van der Waals surface area contributed by atoms with E-state index >= 15 is 0 Å². The zero-order chi connectivity index (χ0) is 27.8. The maximum atomic E-state index is 13.7. The molecular weight excluding hydrogens is 503 g/mol. The lowest BCUT2D eigenvalue weighted by Gasteiger charge is -2.23. The highest BCUT2D eigenvalue weighted by Gasteiger charge is 2.45. The van der Waals surface area contributed by atoms with Crippen LogP contribution in [0.25, 0.3) is 33.1 Å². The summed E-state index contributed by atoms with van der Waals surface area (Å²) in [5.41, 5.74) is 0.928. The number of H-pyrrole nitrogens is 1. The number of carbonyl (C=O) groups excluding carboxylic acids is 3. The van der Waals surface area contributed by atoms with Crippen molar-refractivity contribution in [3.63, 3.8) is 0 Å². The van der Waals surface area contributed by atoms with E-state index in [0.717, 1.165) is 4.57 Å². The Morgan fingerprint density at radius 2 is 1.68 bits per heavy atom. The summed E-state index contributed by atoms with van der Waals surface area (Å²) in [7, 11) is 1.23. The molecule has 0 radical (unpaired) electrons. The van der Waals surface area contributed by atoms with E-state index in [4.69, 9.17) is 4.74 Å². The van der Waals surface area contributed by atoms with E-state index in [1.165, 1.54) is 27.0 Å². The van der Waals surface area contributed by atoms with Gasteiger partial charge in [0.2, 0.25) is 5.91 Å². The fraction of sp³-hybridized carbons (Fsp3) is 0.259. The number of nitrogens with zero attached hydrogens (tertiary/aromatic N) is 1. The van der Waals surface area contributed by atoms with Crippen LogP contribution in [0.5, 0.6) is 0 Å². The molecule has 0 fully saturated rings. The number of methoxy groups -OCH3 is 1. The molecule has 0 saturated heterocycles. The van der Waals surface area contributed by atoms with E-state index in [0.29, 0.717) is 27.5 Å². The summed E-state index contributed by atoms with van der Waals surface area (Å²) in [5.74, 6) is -4.46. The van der Waals surface area contributed by atoms with Crippen LogP contribution < -0.4 is 10.9 Å². The third-order valence-corrected chi connectivity index (χ3v) is 6.23. The first-order valence-corrected chi connectivity index (χ1v) is 11.7. The highest BCUT2D eigenvalue weighted by molar-refractivity contribution is 6.14. The maximum absolute atomic E-state index is 13.7. The molecule has 4 aromatic rings. The number of esters is 1. The number of aromatic nitrogens is 2. The minimum atomic E-state index is -5.13. The number of halogens is 3. The van der Waals surface area contributed by atoms with Crippen molar-refractivity contribution >= 4 is 39.5 Å². The van der Waals surface area contributed by atoms with Crippen LogP contribution in [-0.2, 0) is 20.9 Å². The topological polar surface area (TPSA) is 110 Å². The number of Topliss-reactive ketones (excluding diaryl/α,β-unsaturated/α-hetero) is 1. The monoisotopic (exact) mass is 527 g/mol. The van der Waals surface area contributed by atoms with Gasteiger partial charge in [0, 0.05) is 10.8 Å². The number of carbonyl (C=O) groups is 3. The Labute approximate surface area is 214 Å². The lowest BCUT2D eigenvalue weighted by Crippen LogP contribution is -2.50. The molecule has 2 heterocycles. The number of amides is 1. The number of para-hydroxylation sites is 1. The minimum absolute atomic E-state index is 0.0932. The molecule has 1 unspecified atom stereocenters. The Kier molecular flexibility index (Phi) is 7.12. The average Bonchev–Trinajstić information content (AvgIpc) is 3.26. The molecule has 0 saturated carbocycles. The van der Waals surface area contributed by atoms with Crippen LogP contribution in [0.3, 0.4) is 0 Å². The molecule has 8 nitrogen and oxygen atoms in total. The molecule has 4 rings (SSSR count). The smallest absolute Gasteiger partial charge is 0.452 e. The van der Waals surface area contributed by atoms with Gasteiger partial charge in [0.1, 0.15) is 12.1 Å². The molecule has 0 aliphatic rings. The number of ketones is 1. The average molecular weight is 527 g/mol. The number of hydrogen-bond acceptors (Lipinski definition) is 5. The SMILES string of the molecule is COC(=O)c1cccc2c1[nH]c1c(=O)n(CC(=O)NC(C(=O)C(F)(F)F)C(C)C)c(-c3ccccc3)cc12. The van der Waals surface area contributed by atoms with Crippen LogP contribution in [0.4, 0.5) is 13.2 Å². The van der Waals surface area contributed by atoms with Crippen LogP contribution in [0.1, 0.15) is 24.2 Å². The van der Waals surface area contributed by atoms with Gasteiger partial charge in [-0.05, 0) is 23.6 Å². The first-order chi connectivity index (χ1) is 17.9. The quantitative estimate of drug-likeness (QED) is 0.350. The fourth-order valence-corrected chi connectivity index (χ4v) is 4.38. The molecule has 0 bridgehead atoms. The van der Waals surface area contributed by atoms with Crippen molar-refractivity contribution in [1.82, 2.24) is 14.9 Å². The molecule has 2 N–H and O–H groups in total. The summed E-state index contributed by atoms with van der Waals surface area (Å²) in [6, 6.07) is 13.4. The number of hydrogen-bond donors (Lipinski definition) is 2. The summed E-state index contributed by atoms with van der Waals surface area (Å²) in [5, 5.41) is 3.20. The van der Waals surface area contributed by atoms with Gasteiger partial charge in [0.15, 0.2) is 0 Å². The molecule has 2 aromatic heterocycles. The normalized spacial score (nSPS) is 12.6. The highest BCUT2D eigenvalue weighted by atomic mass is 19.4. The van der Waals surface area contributed by atoms with Gasteiger partial charge in [0.05, 0.1) is 29.9 Å². The number of pyridine rings is 1.